The summed E-state index contributed by atoms with van der Waals surface area (Å²) in [6, 6.07) is 30.2. The molecule has 1 unspecified atom stereocenters. The predicted octanol–water partition coefficient (Wildman–Crippen LogP) is 5.76. The zero-order chi connectivity index (χ0) is 24.4. The molecule has 0 spiro atoms. The molecule has 36 heavy (non-hydrogen) atoms. The first-order valence-electron chi connectivity index (χ1n) is 13.0. The van der Waals surface area contributed by atoms with Crippen molar-refractivity contribution in [1.29, 1.82) is 0 Å². The van der Waals surface area contributed by atoms with Crippen LogP contribution in [0.5, 0.6) is 0 Å². The predicted molar refractivity (Wildman–Crippen MR) is 146 cm³/mol. The van der Waals surface area contributed by atoms with Crippen LogP contribution in [0.4, 0.5) is 5.69 Å². The zero-order valence-corrected chi connectivity index (χ0v) is 20.8. The molecule has 0 saturated heterocycles. The summed E-state index contributed by atoms with van der Waals surface area (Å²) in [5.41, 5.74) is 7.53. The molecule has 1 aliphatic rings. The zero-order valence-electron chi connectivity index (χ0n) is 20.8. The Balaban J connectivity index is 1.24. The summed E-state index contributed by atoms with van der Waals surface area (Å²) in [7, 11) is 0. The first-order valence-corrected chi connectivity index (χ1v) is 13.0. The summed E-state index contributed by atoms with van der Waals surface area (Å²) in [6.07, 6.45) is 7.30. The number of anilines is 1. The Bertz CT molecular complexity index is 1190. The first-order chi connectivity index (χ1) is 17.8. The third kappa shape index (κ3) is 6.56. The molecule has 0 radical (unpaired) electrons. The lowest BCUT2D eigenvalue weighted by molar-refractivity contribution is 0.172. The second-order valence-electron chi connectivity index (χ2n) is 9.46. The largest absolute Gasteiger partial charge is 0.384 e. The van der Waals surface area contributed by atoms with Crippen LogP contribution in [0.2, 0.25) is 0 Å². The maximum Gasteiger partial charge on any atom is 0.0607 e. The molecular weight excluding hydrogens is 442 g/mol. The van der Waals surface area contributed by atoms with Crippen LogP contribution in [0.25, 0.3) is 0 Å². The molecule has 184 valence electrons. The molecule has 5 rings (SSSR count). The molecule has 0 fully saturated rings. The summed E-state index contributed by atoms with van der Waals surface area (Å²) < 4.78 is 0. The molecule has 0 bridgehead atoms. The van der Waals surface area contributed by atoms with Crippen molar-refractivity contribution in [3.63, 3.8) is 0 Å². The molecule has 4 aromatic rings. The van der Waals surface area contributed by atoms with E-state index >= 15 is 0 Å². The van der Waals surface area contributed by atoms with Crippen LogP contribution in [-0.4, -0.2) is 28.0 Å². The highest BCUT2D eigenvalue weighted by molar-refractivity contribution is 5.42. The Hall–Kier alpha value is -3.54. The second-order valence-corrected chi connectivity index (χ2v) is 9.46. The van der Waals surface area contributed by atoms with Gasteiger partial charge < -0.3 is 10.6 Å². The van der Waals surface area contributed by atoms with Crippen LogP contribution in [0.15, 0.2) is 97.3 Å². The van der Waals surface area contributed by atoms with Gasteiger partial charge in [0.2, 0.25) is 0 Å². The third-order valence-corrected chi connectivity index (χ3v) is 6.88. The fourth-order valence-corrected chi connectivity index (χ4v) is 5.02. The number of hydrogen-bond donors (Lipinski definition) is 2. The third-order valence-electron chi connectivity index (χ3n) is 6.88. The Morgan fingerprint density at radius 1 is 0.778 bits per heavy atom. The van der Waals surface area contributed by atoms with E-state index in [-0.39, 0.29) is 0 Å². The molecule has 1 atom stereocenters. The topological polar surface area (TPSA) is 53.1 Å². The molecule has 5 nitrogen and oxygen atoms in total. The minimum absolute atomic E-state index is 0.354. The second kappa shape index (κ2) is 12.4. The van der Waals surface area contributed by atoms with E-state index in [1.807, 2.05) is 24.5 Å². The summed E-state index contributed by atoms with van der Waals surface area (Å²) in [5.74, 6) is 0. The lowest BCUT2D eigenvalue weighted by Crippen LogP contribution is -2.35. The molecular formula is C31H35N5. The smallest absolute Gasteiger partial charge is 0.0607 e. The van der Waals surface area contributed by atoms with Crippen molar-refractivity contribution < 1.29 is 0 Å². The lowest BCUT2D eigenvalue weighted by Gasteiger charge is -2.35. The van der Waals surface area contributed by atoms with Gasteiger partial charge in [0.25, 0.3) is 0 Å². The van der Waals surface area contributed by atoms with E-state index in [1.165, 1.54) is 34.5 Å². The first kappa shape index (κ1) is 24.2. The standard InChI is InChI=1S/C31H35N5/c1-2-10-28(11-3-1)34-20-21-36(30-13-6-8-27-9-7-19-35-31(27)30)24-26-16-14-25(15-17-26)22-32-23-29-12-4-5-18-33-29/h1-5,7,9-12,14-19,30,32,34H,6,8,13,20-24H2. The fourth-order valence-electron chi connectivity index (χ4n) is 5.02. The minimum atomic E-state index is 0.354. The Morgan fingerprint density at radius 2 is 1.58 bits per heavy atom. The fraction of sp³-hybridized carbons (Fsp3) is 0.290. The Kier molecular flexibility index (Phi) is 8.34. The van der Waals surface area contributed by atoms with Crippen LogP contribution >= 0.6 is 0 Å². The maximum absolute atomic E-state index is 4.83. The van der Waals surface area contributed by atoms with E-state index in [0.29, 0.717) is 6.04 Å². The number of nitrogens with zero attached hydrogens (tertiary/aromatic N) is 3. The van der Waals surface area contributed by atoms with E-state index in [1.54, 1.807) is 0 Å². The van der Waals surface area contributed by atoms with Gasteiger partial charge in [0, 0.05) is 50.8 Å². The monoisotopic (exact) mass is 477 g/mol. The van der Waals surface area contributed by atoms with Crippen LogP contribution < -0.4 is 10.6 Å². The number of aryl methyl sites for hydroxylation is 1. The molecule has 0 saturated carbocycles. The molecule has 2 heterocycles. The minimum Gasteiger partial charge on any atom is -0.384 e. The number of rotatable bonds is 11. The highest BCUT2D eigenvalue weighted by Gasteiger charge is 2.27. The van der Waals surface area contributed by atoms with Crippen molar-refractivity contribution in [3.05, 3.63) is 125 Å². The van der Waals surface area contributed by atoms with Gasteiger partial charge in [0.1, 0.15) is 0 Å². The van der Waals surface area contributed by atoms with E-state index in [4.69, 9.17) is 4.98 Å². The van der Waals surface area contributed by atoms with E-state index in [2.05, 4.69) is 93.3 Å². The summed E-state index contributed by atoms with van der Waals surface area (Å²) in [6.45, 7) is 4.39. The Morgan fingerprint density at radius 3 is 2.42 bits per heavy atom. The van der Waals surface area contributed by atoms with Crippen molar-refractivity contribution in [2.45, 2.75) is 44.9 Å². The molecule has 2 aromatic carbocycles. The highest BCUT2D eigenvalue weighted by Crippen LogP contribution is 2.33. The summed E-state index contributed by atoms with van der Waals surface area (Å²) in [5, 5.41) is 7.09. The molecule has 2 N–H and O–H groups in total. The molecule has 0 aliphatic heterocycles. The number of para-hydroxylation sites is 1. The van der Waals surface area contributed by atoms with Gasteiger partial charge >= 0.3 is 0 Å². The molecule has 5 heteroatoms. The van der Waals surface area contributed by atoms with Crippen molar-refractivity contribution in [2.24, 2.45) is 0 Å². The van der Waals surface area contributed by atoms with Crippen LogP contribution in [0, 0.1) is 0 Å². The highest BCUT2D eigenvalue weighted by atomic mass is 15.2. The quantitative estimate of drug-likeness (QED) is 0.288. The van der Waals surface area contributed by atoms with Crippen LogP contribution in [-0.2, 0) is 26.1 Å². The normalized spacial score (nSPS) is 15.0. The van der Waals surface area contributed by atoms with Crippen molar-refractivity contribution in [2.75, 3.05) is 18.4 Å². The van der Waals surface area contributed by atoms with Gasteiger partial charge in [-0.05, 0) is 66.3 Å². The number of pyridine rings is 2. The van der Waals surface area contributed by atoms with Crippen molar-refractivity contribution in [3.8, 4) is 0 Å². The number of hydrogen-bond acceptors (Lipinski definition) is 5. The number of aromatic nitrogens is 2. The van der Waals surface area contributed by atoms with E-state index in [9.17, 15) is 0 Å². The van der Waals surface area contributed by atoms with Crippen LogP contribution in [0.3, 0.4) is 0 Å². The average Bonchev–Trinajstić information content (AvgIpc) is 2.94. The van der Waals surface area contributed by atoms with Gasteiger partial charge in [0.05, 0.1) is 17.4 Å². The SMILES string of the molecule is c1ccc(NCCN(Cc2ccc(CNCc3ccccn3)cc2)C2CCCc3cccnc32)cc1. The van der Waals surface area contributed by atoms with Gasteiger partial charge in [-0.1, -0.05) is 54.6 Å². The number of fused-ring (bicyclic) bond motifs is 1. The van der Waals surface area contributed by atoms with Gasteiger partial charge in [-0.15, -0.1) is 0 Å². The molecule has 2 aromatic heterocycles. The van der Waals surface area contributed by atoms with Crippen LogP contribution in [0.1, 0.15) is 47.0 Å². The Labute approximate surface area is 214 Å². The lowest BCUT2D eigenvalue weighted by atomic mass is 9.90. The van der Waals surface area contributed by atoms with Gasteiger partial charge in [0.15, 0.2) is 0 Å². The van der Waals surface area contributed by atoms with E-state index < -0.39 is 0 Å². The molecule has 0 amide bonds. The average molecular weight is 478 g/mol. The van der Waals surface area contributed by atoms with Gasteiger partial charge in [-0.2, -0.15) is 0 Å². The van der Waals surface area contributed by atoms with Gasteiger partial charge in [-0.25, -0.2) is 0 Å². The maximum atomic E-state index is 4.83. The summed E-state index contributed by atoms with van der Waals surface area (Å²) in [4.78, 5) is 11.8. The number of nitrogens with one attached hydrogen (secondary N) is 2. The summed E-state index contributed by atoms with van der Waals surface area (Å²) >= 11 is 0. The van der Waals surface area contributed by atoms with E-state index in [0.717, 1.165) is 51.3 Å². The van der Waals surface area contributed by atoms with Gasteiger partial charge in [-0.3, -0.25) is 14.9 Å². The number of benzene rings is 2. The molecule has 1 aliphatic carbocycles. The van der Waals surface area contributed by atoms with Crippen molar-refractivity contribution in [1.82, 2.24) is 20.2 Å². The van der Waals surface area contributed by atoms with Crippen molar-refractivity contribution >= 4 is 5.69 Å².